The number of benzene rings is 1. The number of alkyl carbamates (subject to hydrolysis) is 1. The summed E-state index contributed by atoms with van der Waals surface area (Å²) in [5, 5.41) is 7.21. The third-order valence-electron chi connectivity index (χ3n) is 3.48. The molecule has 0 aliphatic heterocycles. The lowest BCUT2D eigenvalue weighted by atomic mass is 10.1. The smallest absolute Gasteiger partial charge is 0.408 e. The Morgan fingerprint density at radius 2 is 1.74 bits per heavy atom. The highest BCUT2D eigenvalue weighted by atomic mass is 16.5. The van der Waals surface area contributed by atoms with Crippen LogP contribution in [0.2, 0.25) is 0 Å². The van der Waals surface area contributed by atoms with Crippen molar-refractivity contribution in [3.8, 4) is 0 Å². The second kappa shape index (κ2) is 12.3. The summed E-state index contributed by atoms with van der Waals surface area (Å²) in [6, 6.07) is 8.32. The van der Waals surface area contributed by atoms with Gasteiger partial charge in [-0.15, -0.1) is 0 Å². The first-order chi connectivity index (χ1) is 13.0. The Hall–Kier alpha value is -3.10. The van der Waals surface area contributed by atoms with E-state index in [0.29, 0.717) is 12.8 Å². The van der Waals surface area contributed by atoms with Gasteiger partial charge in [-0.05, 0) is 12.0 Å². The Balaban J connectivity index is 2.41. The quantitative estimate of drug-likeness (QED) is 0.509. The Morgan fingerprint density at radius 1 is 1.04 bits per heavy atom. The van der Waals surface area contributed by atoms with Gasteiger partial charge in [-0.2, -0.15) is 0 Å². The van der Waals surface area contributed by atoms with E-state index in [2.05, 4.69) is 20.7 Å². The van der Waals surface area contributed by atoms with Crippen LogP contribution < -0.4 is 16.0 Å². The summed E-state index contributed by atoms with van der Waals surface area (Å²) in [6.07, 6.45) is 0.310. The number of methoxy groups -OCH3 is 1. The van der Waals surface area contributed by atoms with Crippen LogP contribution in [-0.4, -0.2) is 50.1 Å². The van der Waals surface area contributed by atoms with Crippen LogP contribution in [0.5, 0.6) is 0 Å². The van der Waals surface area contributed by atoms with Gasteiger partial charge in [0.1, 0.15) is 19.2 Å². The van der Waals surface area contributed by atoms with Crippen molar-refractivity contribution in [2.24, 2.45) is 0 Å². The first-order valence-electron chi connectivity index (χ1n) is 8.54. The molecule has 0 bridgehead atoms. The molecule has 0 radical (unpaired) electrons. The molecule has 1 aromatic rings. The van der Waals surface area contributed by atoms with Crippen LogP contribution in [0.4, 0.5) is 4.79 Å². The van der Waals surface area contributed by atoms with E-state index in [1.54, 1.807) is 0 Å². The number of rotatable bonds is 10. The minimum absolute atomic E-state index is 0.0864. The Morgan fingerprint density at radius 3 is 2.37 bits per heavy atom. The molecule has 0 heterocycles. The number of hydrogen-bond acceptors (Lipinski definition) is 6. The average Bonchev–Trinajstić information content (AvgIpc) is 2.69. The number of ether oxygens (including phenoxy) is 2. The van der Waals surface area contributed by atoms with Crippen molar-refractivity contribution in [2.75, 3.05) is 20.2 Å². The lowest BCUT2D eigenvalue weighted by Crippen LogP contribution is -2.49. The molecule has 0 aliphatic rings. The maximum Gasteiger partial charge on any atom is 0.408 e. The molecule has 0 saturated heterocycles. The van der Waals surface area contributed by atoms with E-state index < -0.39 is 29.9 Å². The van der Waals surface area contributed by atoms with E-state index in [1.165, 1.54) is 7.11 Å². The van der Waals surface area contributed by atoms with E-state index in [0.717, 1.165) is 5.56 Å². The van der Waals surface area contributed by atoms with E-state index in [4.69, 9.17) is 4.74 Å². The van der Waals surface area contributed by atoms with Crippen LogP contribution in [0.3, 0.4) is 0 Å². The standard InChI is InChI=1S/C18H25N3O6/c1-3-7-14(17(24)20-10-15(22)19-11-16(23)26-2)21-18(25)27-12-13-8-5-4-6-9-13/h4-6,8-9,14H,3,7,10-12H2,1-2H3,(H,19,22)(H,20,24)(H,21,25)/t14-/m0/s1. The fraction of sp³-hybridized carbons (Fsp3) is 0.444. The Labute approximate surface area is 157 Å². The van der Waals surface area contributed by atoms with Crippen molar-refractivity contribution >= 4 is 23.9 Å². The number of amides is 3. The first-order valence-corrected chi connectivity index (χ1v) is 8.54. The normalized spacial score (nSPS) is 11.0. The molecule has 9 heteroatoms. The van der Waals surface area contributed by atoms with Gasteiger partial charge in [-0.1, -0.05) is 43.7 Å². The number of carbonyl (C=O) groups excluding carboxylic acids is 4. The molecule has 9 nitrogen and oxygen atoms in total. The number of carbonyl (C=O) groups is 4. The Bertz CT molecular complexity index is 635. The van der Waals surface area contributed by atoms with Crippen LogP contribution in [-0.2, 0) is 30.5 Å². The van der Waals surface area contributed by atoms with Crippen LogP contribution in [0, 0.1) is 0 Å². The lowest BCUT2D eigenvalue weighted by molar-refractivity contribution is -0.141. The third-order valence-corrected chi connectivity index (χ3v) is 3.48. The monoisotopic (exact) mass is 379 g/mol. The van der Waals surface area contributed by atoms with Gasteiger partial charge >= 0.3 is 12.1 Å². The first kappa shape index (κ1) is 21.9. The van der Waals surface area contributed by atoms with Crippen molar-refractivity contribution in [1.82, 2.24) is 16.0 Å². The molecule has 0 aliphatic carbocycles. The predicted octanol–water partition coefficient (Wildman–Crippen LogP) is 0.487. The number of nitrogens with one attached hydrogen (secondary N) is 3. The highest BCUT2D eigenvalue weighted by Crippen LogP contribution is 2.02. The fourth-order valence-electron chi connectivity index (χ4n) is 2.06. The topological polar surface area (TPSA) is 123 Å². The van der Waals surface area contributed by atoms with Gasteiger partial charge < -0.3 is 25.4 Å². The van der Waals surface area contributed by atoms with Gasteiger partial charge in [0.2, 0.25) is 11.8 Å². The SMILES string of the molecule is CCC[C@H](NC(=O)OCc1ccccc1)C(=O)NCC(=O)NCC(=O)OC. The maximum absolute atomic E-state index is 12.2. The number of hydrogen-bond donors (Lipinski definition) is 3. The maximum atomic E-state index is 12.2. The summed E-state index contributed by atoms with van der Waals surface area (Å²) in [7, 11) is 1.20. The number of esters is 1. The minimum atomic E-state index is -0.827. The van der Waals surface area contributed by atoms with Crippen LogP contribution in [0.15, 0.2) is 30.3 Å². The zero-order valence-corrected chi connectivity index (χ0v) is 15.4. The van der Waals surface area contributed by atoms with Gasteiger partial charge in [-0.3, -0.25) is 14.4 Å². The highest BCUT2D eigenvalue weighted by molar-refractivity contribution is 5.90. The van der Waals surface area contributed by atoms with E-state index in [-0.39, 0.29) is 19.7 Å². The summed E-state index contributed by atoms with van der Waals surface area (Å²) >= 11 is 0. The molecule has 148 valence electrons. The van der Waals surface area contributed by atoms with Gasteiger partial charge in [-0.25, -0.2) is 4.79 Å². The van der Waals surface area contributed by atoms with Crippen LogP contribution >= 0.6 is 0 Å². The van der Waals surface area contributed by atoms with Crippen molar-refractivity contribution in [1.29, 1.82) is 0 Å². The molecule has 3 amide bonds. The van der Waals surface area contributed by atoms with Crippen molar-refractivity contribution < 1.29 is 28.7 Å². The van der Waals surface area contributed by atoms with Crippen LogP contribution in [0.1, 0.15) is 25.3 Å². The van der Waals surface area contributed by atoms with Gasteiger partial charge in [0.25, 0.3) is 0 Å². The third kappa shape index (κ3) is 9.24. The summed E-state index contributed by atoms with van der Waals surface area (Å²) in [5.74, 6) is -1.65. The molecular formula is C18H25N3O6. The molecule has 0 unspecified atom stereocenters. The summed E-state index contributed by atoms with van der Waals surface area (Å²) in [4.78, 5) is 46.6. The molecule has 1 rings (SSSR count). The van der Waals surface area contributed by atoms with E-state index in [1.807, 2.05) is 37.3 Å². The molecule has 0 aromatic heterocycles. The van der Waals surface area contributed by atoms with Crippen LogP contribution in [0.25, 0.3) is 0 Å². The second-order valence-electron chi connectivity index (χ2n) is 5.62. The Kier molecular flexibility index (Phi) is 9.98. The largest absolute Gasteiger partial charge is 0.468 e. The predicted molar refractivity (Wildman–Crippen MR) is 96.5 cm³/mol. The molecule has 1 atom stereocenters. The van der Waals surface area contributed by atoms with Gasteiger partial charge in [0.05, 0.1) is 13.7 Å². The van der Waals surface area contributed by atoms with Crippen molar-refractivity contribution in [2.45, 2.75) is 32.4 Å². The lowest BCUT2D eigenvalue weighted by Gasteiger charge is -2.17. The fourth-order valence-corrected chi connectivity index (χ4v) is 2.06. The molecule has 3 N–H and O–H groups in total. The molecule has 1 aromatic carbocycles. The van der Waals surface area contributed by atoms with E-state index in [9.17, 15) is 19.2 Å². The molecule has 0 saturated carbocycles. The second-order valence-corrected chi connectivity index (χ2v) is 5.62. The average molecular weight is 379 g/mol. The van der Waals surface area contributed by atoms with Crippen molar-refractivity contribution in [3.05, 3.63) is 35.9 Å². The minimum Gasteiger partial charge on any atom is -0.468 e. The zero-order valence-electron chi connectivity index (χ0n) is 15.4. The molecule has 27 heavy (non-hydrogen) atoms. The van der Waals surface area contributed by atoms with E-state index >= 15 is 0 Å². The summed E-state index contributed by atoms with van der Waals surface area (Å²) in [5.41, 5.74) is 0.825. The zero-order chi connectivity index (χ0) is 20.1. The molecule has 0 spiro atoms. The van der Waals surface area contributed by atoms with Gasteiger partial charge in [0, 0.05) is 0 Å². The van der Waals surface area contributed by atoms with Gasteiger partial charge in [0.15, 0.2) is 0 Å². The summed E-state index contributed by atoms with van der Waals surface area (Å²) < 4.78 is 9.49. The van der Waals surface area contributed by atoms with Crippen molar-refractivity contribution in [3.63, 3.8) is 0 Å². The molecule has 0 fully saturated rings. The highest BCUT2D eigenvalue weighted by Gasteiger charge is 2.21. The molecular weight excluding hydrogens is 354 g/mol. The summed E-state index contributed by atoms with van der Waals surface area (Å²) in [6.45, 7) is 1.34.